The third-order valence-electron chi connectivity index (χ3n) is 3.81. The second-order valence-electron chi connectivity index (χ2n) is 6.02. The summed E-state index contributed by atoms with van der Waals surface area (Å²) in [6, 6.07) is 5.76. The molecule has 0 unspecified atom stereocenters. The van der Waals surface area contributed by atoms with Gasteiger partial charge in [-0.25, -0.2) is 23.1 Å². The van der Waals surface area contributed by atoms with Gasteiger partial charge in [-0.3, -0.25) is 4.98 Å². The molecule has 0 radical (unpaired) electrons. The van der Waals surface area contributed by atoms with Crippen molar-refractivity contribution in [2.75, 3.05) is 18.4 Å². The van der Waals surface area contributed by atoms with Crippen LogP contribution in [0.25, 0.3) is 11.4 Å². The number of hydrogen-bond donors (Lipinski definition) is 2. The first-order valence-corrected chi connectivity index (χ1v) is 11.0. The van der Waals surface area contributed by atoms with E-state index in [9.17, 15) is 8.42 Å². The van der Waals surface area contributed by atoms with Crippen molar-refractivity contribution >= 4 is 26.5 Å². The summed E-state index contributed by atoms with van der Waals surface area (Å²) >= 11 is 1.55. The second kappa shape index (κ2) is 9.07. The summed E-state index contributed by atoms with van der Waals surface area (Å²) in [6.45, 7) is 1.20. The van der Waals surface area contributed by atoms with Crippen LogP contribution >= 0.6 is 11.3 Å². The maximum Gasteiger partial charge on any atom is 0.259 e. The Morgan fingerprint density at radius 1 is 1.11 bits per heavy atom. The summed E-state index contributed by atoms with van der Waals surface area (Å²) in [4.78, 5) is 12.7. The fourth-order valence-corrected chi connectivity index (χ4v) is 4.20. The smallest absolute Gasteiger partial charge is 0.259 e. The van der Waals surface area contributed by atoms with E-state index in [0.29, 0.717) is 6.54 Å². The number of aryl methyl sites for hydroxylation is 1. The van der Waals surface area contributed by atoms with E-state index in [0.717, 1.165) is 42.3 Å². The molecule has 0 saturated heterocycles. The van der Waals surface area contributed by atoms with Crippen molar-refractivity contribution in [2.24, 2.45) is 7.05 Å². The Morgan fingerprint density at radius 2 is 1.96 bits per heavy atom. The van der Waals surface area contributed by atoms with Crippen molar-refractivity contribution in [3.05, 3.63) is 42.3 Å². The predicted molar refractivity (Wildman–Crippen MR) is 106 cm³/mol. The zero-order valence-electron chi connectivity index (χ0n) is 15.0. The van der Waals surface area contributed by atoms with Gasteiger partial charge in [0, 0.05) is 37.9 Å². The molecule has 2 N–H and O–H groups in total. The Kier molecular flexibility index (Phi) is 6.54. The van der Waals surface area contributed by atoms with Crippen molar-refractivity contribution < 1.29 is 8.42 Å². The van der Waals surface area contributed by atoms with Crippen molar-refractivity contribution in [1.29, 1.82) is 0 Å². The van der Waals surface area contributed by atoms with Crippen molar-refractivity contribution in [3.8, 4) is 11.4 Å². The molecule has 0 bridgehead atoms. The van der Waals surface area contributed by atoms with Gasteiger partial charge in [-0.15, -0.1) is 11.3 Å². The van der Waals surface area contributed by atoms with Crippen molar-refractivity contribution in [3.63, 3.8) is 0 Å². The minimum atomic E-state index is -3.51. The predicted octanol–water partition coefficient (Wildman–Crippen LogP) is 2.50. The highest BCUT2D eigenvalue weighted by atomic mass is 32.2. The van der Waals surface area contributed by atoms with E-state index in [4.69, 9.17) is 0 Å². The monoisotopic (exact) mass is 406 g/mol. The molecule has 3 aromatic rings. The van der Waals surface area contributed by atoms with Crippen LogP contribution in [0, 0.1) is 0 Å². The summed E-state index contributed by atoms with van der Waals surface area (Å²) in [7, 11) is -1.77. The van der Waals surface area contributed by atoms with Gasteiger partial charge in [-0.2, -0.15) is 0 Å². The van der Waals surface area contributed by atoms with Gasteiger partial charge in [0.15, 0.2) is 10.2 Å². The first-order chi connectivity index (χ1) is 13.0. The molecule has 0 aliphatic carbocycles. The van der Waals surface area contributed by atoms with Crippen molar-refractivity contribution in [2.45, 2.75) is 24.3 Å². The van der Waals surface area contributed by atoms with Crippen LogP contribution < -0.4 is 10.0 Å². The van der Waals surface area contributed by atoms with Gasteiger partial charge in [-0.05, 0) is 25.0 Å². The molecule has 10 heteroatoms. The number of thiazole rings is 1. The quantitative estimate of drug-likeness (QED) is 0.502. The molecule has 0 spiro atoms. The van der Waals surface area contributed by atoms with E-state index in [1.807, 2.05) is 23.6 Å². The van der Waals surface area contributed by atoms with Crippen LogP contribution in [0.3, 0.4) is 0 Å². The minimum Gasteiger partial charge on any atom is -0.362 e. The molecule has 8 nitrogen and oxygen atoms in total. The molecule has 0 aromatic carbocycles. The third-order valence-corrected chi connectivity index (χ3v) is 5.96. The summed E-state index contributed by atoms with van der Waals surface area (Å²) < 4.78 is 28.2. The minimum absolute atomic E-state index is 0.0548. The van der Waals surface area contributed by atoms with Crippen LogP contribution in [-0.4, -0.2) is 41.0 Å². The second-order valence-corrected chi connectivity index (χ2v) is 8.59. The van der Waals surface area contributed by atoms with E-state index >= 15 is 0 Å². The third kappa shape index (κ3) is 5.59. The van der Waals surface area contributed by atoms with Crippen LogP contribution in [0.15, 0.2) is 47.3 Å². The van der Waals surface area contributed by atoms with Gasteiger partial charge < -0.3 is 9.88 Å². The molecule has 0 aliphatic rings. The number of nitrogens with zero attached hydrogens (tertiary/aromatic N) is 4. The number of unbranched alkanes of at least 4 members (excludes halogenated alkanes) is 2. The summed E-state index contributed by atoms with van der Waals surface area (Å²) in [5.41, 5.74) is 1.73. The van der Waals surface area contributed by atoms with Crippen LogP contribution in [0.4, 0.5) is 5.13 Å². The SMILES string of the molecule is Cn1cnc(S(=O)(=O)NCCCCCNc2nc(-c3ccccn3)cs2)c1. The number of aromatic nitrogens is 4. The average molecular weight is 407 g/mol. The molecular formula is C17H22N6O2S2. The van der Waals surface area contributed by atoms with E-state index in [2.05, 4.69) is 25.0 Å². The molecule has 0 aliphatic heterocycles. The topological polar surface area (TPSA) is 102 Å². The lowest BCUT2D eigenvalue weighted by atomic mass is 10.2. The molecular weight excluding hydrogens is 384 g/mol. The number of pyridine rings is 1. The first-order valence-electron chi connectivity index (χ1n) is 8.63. The van der Waals surface area contributed by atoms with E-state index in [1.54, 1.807) is 29.1 Å². The number of imidazole rings is 1. The van der Waals surface area contributed by atoms with Gasteiger partial charge in [0.25, 0.3) is 10.0 Å². The average Bonchev–Trinajstić information content (AvgIpc) is 3.31. The zero-order chi connectivity index (χ0) is 19.1. The lowest BCUT2D eigenvalue weighted by Gasteiger charge is -2.05. The van der Waals surface area contributed by atoms with Gasteiger partial charge in [-0.1, -0.05) is 12.5 Å². The van der Waals surface area contributed by atoms with E-state index < -0.39 is 10.0 Å². The zero-order valence-corrected chi connectivity index (χ0v) is 16.6. The van der Waals surface area contributed by atoms with Crippen molar-refractivity contribution in [1.82, 2.24) is 24.2 Å². The molecule has 3 rings (SSSR count). The highest BCUT2D eigenvalue weighted by Gasteiger charge is 2.15. The summed E-state index contributed by atoms with van der Waals surface area (Å²) in [6.07, 6.45) is 7.33. The van der Waals surface area contributed by atoms with Crippen LogP contribution in [-0.2, 0) is 17.1 Å². The van der Waals surface area contributed by atoms with E-state index in [-0.39, 0.29) is 5.03 Å². The highest BCUT2D eigenvalue weighted by molar-refractivity contribution is 7.89. The molecule has 3 heterocycles. The fourth-order valence-electron chi connectivity index (χ4n) is 2.42. The number of hydrogen-bond acceptors (Lipinski definition) is 7. The summed E-state index contributed by atoms with van der Waals surface area (Å²) in [5, 5.41) is 6.20. The lowest BCUT2D eigenvalue weighted by Crippen LogP contribution is -2.25. The molecule has 0 saturated carbocycles. The number of anilines is 1. The van der Waals surface area contributed by atoms with Gasteiger partial charge >= 0.3 is 0 Å². The Labute approximate surface area is 162 Å². The molecule has 0 fully saturated rings. The molecule has 3 aromatic heterocycles. The van der Waals surface area contributed by atoms with Gasteiger partial charge in [0.1, 0.15) is 5.69 Å². The molecule has 0 atom stereocenters. The van der Waals surface area contributed by atoms with Crippen LogP contribution in [0.5, 0.6) is 0 Å². The Balaban J connectivity index is 1.33. The molecule has 27 heavy (non-hydrogen) atoms. The maximum absolute atomic E-state index is 12.0. The van der Waals surface area contributed by atoms with Gasteiger partial charge in [0.2, 0.25) is 0 Å². The summed E-state index contributed by atoms with van der Waals surface area (Å²) in [5.74, 6) is 0. The normalized spacial score (nSPS) is 11.6. The number of nitrogens with one attached hydrogen (secondary N) is 2. The Hall–Kier alpha value is -2.30. The molecule has 144 valence electrons. The largest absolute Gasteiger partial charge is 0.362 e. The van der Waals surface area contributed by atoms with Gasteiger partial charge in [0.05, 0.1) is 12.0 Å². The Bertz CT molecular complexity index is 953. The number of rotatable bonds is 10. The number of sulfonamides is 1. The molecule has 0 amide bonds. The fraction of sp³-hybridized carbons (Fsp3) is 0.353. The lowest BCUT2D eigenvalue weighted by molar-refractivity contribution is 0.572. The Morgan fingerprint density at radius 3 is 2.70 bits per heavy atom. The van der Waals surface area contributed by atoms with Crippen LogP contribution in [0.2, 0.25) is 0 Å². The van der Waals surface area contributed by atoms with Crippen LogP contribution in [0.1, 0.15) is 19.3 Å². The standard InChI is InChI=1S/C17H22N6O2S2/c1-23-11-16(20-13-23)27(24,25)21-10-5-2-4-9-19-17-22-15(12-26-17)14-7-3-6-8-18-14/h3,6-8,11-13,21H,2,4-5,9-10H2,1H3,(H,19,22). The maximum atomic E-state index is 12.0. The van der Waals surface area contributed by atoms with E-state index in [1.165, 1.54) is 12.5 Å². The highest BCUT2D eigenvalue weighted by Crippen LogP contribution is 2.23. The first kappa shape index (κ1) is 19.5.